The van der Waals surface area contributed by atoms with Gasteiger partial charge in [0, 0.05) is 0 Å². The van der Waals surface area contributed by atoms with E-state index >= 15 is 0 Å². The maximum absolute atomic E-state index is 13.4. The van der Waals surface area contributed by atoms with Crippen molar-refractivity contribution in [1.82, 2.24) is 0 Å². The van der Waals surface area contributed by atoms with E-state index in [4.69, 9.17) is 22.8 Å². The Morgan fingerprint density at radius 3 is 1.44 bits per heavy atom. The second-order valence-electron chi connectivity index (χ2n) is 7.74. The van der Waals surface area contributed by atoms with E-state index in [9.17, 15) is 9.13 Å². The van der Waals surface area contributed by atoms with E-state index in [-0.39, 0.29) is 18.2 Å². The standard InChI is InChI=1S/C23H42O7P2/c1-5-15-27-31(24,28-16-6-2)20-22(14-19-26-23-12-10-9-11-13-23)21-32(25,29-17-7-3)30-18-8-4/h9-13,22H,5-8,14-21H2,1-4H3. The molecule has 0 amide bonds. The average Bonchev–Trinajstić information content (AvgIpc) is 2.79. The predicted octanol–water partition coefficient (Wildman–Crippen LogP) is 7.16. The first kappa shape index (κ1) is 29.4. The number of hydrogen-bond acceptors (Lipinski definition) is 7. The molecule has 32 heavy (non-hydrogen) atoms. The number of benzene rings is 1. The summed E-state index contributed by atoms with van der Waals surface area (Å²) < 4.78 is 55.4. The van der Waals surface area contributed by atoms with Crippen molar-refractivity contribution in [3.8, 4) is 5.75 Å². The fraction of sp³-hybridized carbons (Fsp3) is 0.739. The maximum Gasteiger partial charge on any atom is 0.330 e. The van der Waals surface area contributed by atoms with Crippen molar-refractivity contribution in [1.29, 1.82) is 0 Å². The minimum Gasteiger partial charge on any atom is -0.494 e. The van der Waals surface area contributed by atoms with Crippen molar-refractivity contribution in [3.05, 3.63) is 30.3 Å². The Labute approximate surface area is 194 Å². The molecule has 0 saturated heterocycles. The Hall–Kier alpha value is -0.680. The zero-order valence-electron chi connectivity index (χ0n) is 20.2. The minimum absolute atomic E-state index is 0.153. The topological polar surface area (TPSA) is 80.3 Å². The lowest BCUT2D eigenvalue weighted by Gasteiger charge is -2.27. The smallest absolute Gasteiger partial charge is 0.330 e. The van der Waals surface area contributed by atoms with Crippen LogP contribution < -0.4 is 4.74 Å². The third-order valence-electron chi connectivity index (χ3n) is 4.47. The summed E-state index contributed by atoms with van der Waals surface area (Å²) in [5.41, 5.74) is 0. The number of hydrogen-bond donors (Lipinski definition) is 0. The fourth-order valence-corrected chi connectivity index (χ4v) is 7.45. The van der Waals surface area contributed by atoms with Gasteiger partial charge in [-0.2, -0.15) is 0 Å². The van der Waals surface area contributed by atoms with E-state index in [2.05, 4.69) is 0 Å². The van der Waals surface area contributed by atoms with Gasteiger partial charge in [0.1, 0.15) is 5.75 Å². The highest BCUT2D eigenvalue weighted by molar-refractivity contribution is 7.55. The lowest BCUT2D eigenvalue weighted by Crippen LogP contribution is -2.20. The largest absolute Gasteiger partial charge is 0.494 e. The monoisotopic (exact) mass is 492 g/mol. The van der Waals surface area contributed by atoms with Gasteiger partial charge in [0.15, 0.2) is 0 Å². The number of rotatable bonds is 20. The molecule has 0 saturated carbocycles. The van der Waals surface area contributed by atoms with Crippen LogP contribution in [0.5, 0.6) is 5.75 Å². The molecule has 0 aliphatic rings. The van der Waals surface area contributed by atoms with Gasteiger partial charge in [-0.1, -0.05) is 45.9 Å². The average molecular weight is 493 g/mol. The zero-order valence-corrected chi connectivity index (χ0v) is 22.0. The van der Waals surface area contributed by atoms with E-state index in [1.807, 2.05) is 58.0 Å². The number of ether oxygens (including phenoxy) is 1. The molecule has 0 aliphatic carbocycles. The van der Waals surface area contributed by atoms with Gasteiger partial charge < -0.3 is 22.8 Å². The van der Waals surface area contributed by atoms with Gasteiger partial charge in [0.2, 0.25) is 0 Å². The van der Waals surface area contributed by atoms with Crippen molar-refractivity contribution in [2.75, 3.05) is 45.4 Å². The van der Waals surface area contributed by atoms with Gasteiger partial charge >= 0.3 is 15.2 Å². The van der Waals surface area contributed by atoms with E-state index < -0.39 is 15.2 Å². The van der Waals surface area contributed by atoms with Crippen LogP contribution in [0.2, 0.25) is 0 Å². The Balaban J connectivity index is 2.96. The molecule has 7 nitrogen and oxygen atoms in total. The normalized spacial score (nSPS) is 12.4. The van der Waals surface area contributed by atoms with Gasteiger partial charge in [-0.15, -0.1) is 0 Å². The van der Waals surface area contributed by atoms with Gasteiger partial charge in [-0.05, 0) is 50.2 Å². The molecule has 0 aliphatic heterocycles. The summed E-state index contributed by atoms with van der Waals surface area (Å²) >= 11 is 0. The third kappa shape index (κ3) is 12.5. The molecule has 0 N–H and O–H groups in total. The Morgan fingerprint density at radius 1 is 0.656 bits per heavy atom. The number of para-hydroxylation sites is 1. The van der Waals surface area contributed by atoms with Crippen molar-refractivity contribution in [2.45, 2.75) is 59.8 Å². The van der Waals surface area contributed by atoms with E-state index in [1.54, 1.807) is 0 Å². The molecule has 0 atom stereocenters. The van der Waals surface area contributed by atoms with Crippen molar-refractivity contribution < 1.29 is 32.0 Å². The molecule has 1 aromatic carbocycles. The molecule has 1 rings (SSSR count). The van der Waals surface area contributed by atoms with Crippen LogP contribution in [0.25, 0.3) is 0 Å². The quantitative estimate of drug-likeness (QED) is 0.179. The Kier molecular flexibility index (Phi) is 15.5. The summed E-state index contributed by atoms with van der Waals surface area (Å²) in [6, 6.07) is 9.50. The highest BCUT2D eigenvalue weighted by atomic mass is 31.2. The summed E-state index contributed by atoms with van der Waals surface area (Å²) in [4.78, 5) is 0. The van der Waals surface area contributed by atoms with Gasteiger partial charge in [0.25, 0.3) is 0 Å². The molecule has 0 spiro atoms. The van der Waals surface area contributed by atoms with Crippen LogP contribution >= 0.6 is 15.2 Å². The van der Waals surface area contributed by atoms with Crippen LogP contribution in [0.15, 0.2) is 30.3 Å². The summed E-state index contributed by atoms with van der Waals surface area (Å²) in [5.74, 6) is 0.490. The first-order chi connectivity index (χ1) is 15.4. The first-order valence-corrected chi connectivity index (χ1v) is 15.3. The molecule has 0 aromatic heterocycles. The summed E-state index contributed by atoms with van der Waals surface area (Å²) in [5, 5.41) is 0. The molecule has 1 aromatic rings. The molecule has 186 valence electrons. The fourth-order valence-electron chi connectivity index (χ4n) is 2.94. The second kappa shape index (κ2) is 16.9. The van der Waals surface area contributed by atoms with Crippen LogP contribution in [0.4, 0.5) is 0 Å². The van der Waals surface area contributed by atoms with Crippen molar-refractivity contribution >= 4 is 15.2 Å². The maximum atomic E-state index is 13.4. The Morgan fingerprint density at radius 2 is 1.06 bits per heavy atom. The zero-order chi connectivity index (χ0) is 23.7. The Bertz CT molecular complexity index is 624. The van der Waals surface area contributed by atoms with E-state index in [0.29, 0.717) is 39.5 Å². The van der Waals surface area contributed by atoms with Gasteiger partial charge in [-0.25, -0.2) is 0 Å². The van der Waals surface area contributed by atoms with E-state index in [0.717, 1.165) is 31.4 Å². The summed E-state index contributed by atoms with van der Waals surface area (Å²) in [7, 11) is -6.69. The SMILES string of the molecule is CCCOP(=O)(CC(CCOc1ccccc1)CP(=O)(OCCC)OCCC)OCCC. The van der Waals surface area contributed by atoms with E-state index in [1.165, 1.54) is 0 Å². The molecule has 9 heteroatoms. The molecule has 0 bridgehead atoms. The third-order valence-corrected chi connectivity index (χ3v) is 8.70. The molecule has 0 radical (unpaired) electrons. The molecular weight excluding hydrogens is 450 g/mol. The highest BCUT2D eigenvalue weighted by Crippen LogP contribution is 2.55. The molecule has 0 unspecified atom stereocenters. The highest BCUT2D eigenvalue weighted by Gasteiger charge is 2.35. The summed E-state index contributed by atoms with van der Waals surface area (Å²) in [6.45, 7) is 9.63. The molecule has 0 fully saturated rings. The minimum atomic E-state index is -3.35. The van der Waals surface area contributed by atoms with Gasteiger partial charge in [0.05, 0.1) is 45.4 Å². The first-order valence-electron chi connectivity index (χ1n) is 11.8. The van der Waals surface area contributed by atoms with Crippen LogP contribution in [0, 0.1) is 5.92 Å². The second-order valence-corrected chi connectivity index (χ2v) is 11.9. The van der Waals surface area contributed by atoms with Crippen molar-refractivity contribution in [3.63, 3.8) is 0 Å². The van der Waals surface area contributed by atoms with Crippen LogP contribution in [-0.2, 0) is 27.2 Å². The lowest BCUT2D eigenvalue weighted by atomic mass is 10.1. The molecular formula is C23H42O7P2. The predicted molar refractivity (Wildman–Crippen MR) is 130 cm³/mol. The van der Waals surface area contributed by atoms with Gasteiger partial charge in [-0.3, -0.25) is 9.13 Å². The van der Waals surface area contributed by atoms with Crippen LogP contribution in [-0.4, -0.2) is 45.4 Å². The summed E-state index contributed by atoms with van der Waals surface area (Å²) in [6.07, 6.45) is 3.77. The van der Waals surface area contributed by atoms with Crippen molar-refractivity contribution in [2.24, 2.45) is 5.92 Å². The lowest BCUT2D eigenvalue weighted by molar-refractivity contribution is 0.190. The van der Waals surface area contributed by atoms with Crippen LogP contribution in [0.3, 0.4) is 0 Å². The van der Waals surface area contributed by atoms with Crippen LogP contribution in [0.1, 0.15) is 59.8 Å². The molecule has 0 heterocycles.